The van der Waals surface area contributed by atoms with Crippen molar-refractivity contribution in [1.82, 2.24) is 14.2 Å². The van der Waals surface area contributed by atoms with Gasteiger partial charge in [-0.25, -0.2) is 12.7 Å². The zero-order chi connectivity index (χ0) is 14.0. The van der Waals surface area contributed by atoms with Crippen molar-refractivity contribution in [3.8, 4) is 0 Å². The highest BCUT2D eigenvalue weighted by atomic mass is 32.2. The van der Waals surface area contributed by atoms with E-state index in [0.717, 1.165) is 38.9 Å². The topological polar surface area (TPSA) is 53.5 Å². The summed E-state index contributed by atoms with van der Waals surface area (Å²) in [5.74, 6) is 0. The molecule has 1 aromatic heterocycles. The van der Waals surface area contributed by atoms with Crippen molar-refractivity contribution in [2.24, 2.45) is 0 Å². The van der Waals surface area contributed by atoms with E-state index in [1.54, 1.807) is 16.7 Å². The van der Waals surface area contributed by atoms with Crippen molar-refractivity contribution in [3.05, 3.63) is 30.1 Å². The van der Waals surface area contributed by atoms with Gasteiger partial charge in [-0.05, 0) is 43.5 Å². The van der Waals surface area contributed by atoms with E-state index in [0.29, 0.717) is 13.1 Å². The van der Waals surface area contributed by atoms with E-state index >= 15 is 0 Å². The van der Waals surface area contributed by atoms with Crippen LogP contribution >= 0.6 is 0 Å². The molecule has 0 bridgehead atoms. The molecule has 0 atom stereocenters. The Morgan fingerprint density at radius 2 is 1.85 bits per heavy atom. The summed E-state index contributed by atoms with van der Waals surface area (Å²) in [6.07, 6.45) is 6.21. The summed E-state index contributed by atoms with van der Waals surface area (Å²) in [7, 11) is -3.01. The van der Waals surface area contributed by atoms with Gasteiger partial charge in [-0.3, -0.25) is 9.88 Å². The minimum Gasteiger partial charge on any atom is -0.298 e. The first-order valence-electron chi connectivity index (χ1n) is 7.26. The Hall–Kier alpha value is -0.980. The summed E-state index contributed by atoms with van der Waals surface area (Å²) in [6.45, 7) is 3.95. The molecule has 0 amide bonds. The van der Waals surface area contributed by atoms with Crippen molar-refractivity contribution in [1.29, 1.82) is 0 Å². The Bertz CT molecular complexity index is 543. The molecule has 6 heteroatoms. The number of hydrogen-bond donors (Lipinski definition) is 0. The van der Waals surface area contributed by atoms with E-state index in [1.165, 1.54) is 5.56 Å². The maximum absolute atomic E-state index is 12.3. The van der Waals surface area contributed by atoms with E-state index in [2.05, 4.69) is 9.88 Å². The zero-order valence-corrected chi connectivity index (χ0v) is 12.4. The molecule has 1 aromatic rings. The molecule has 20 heavy (non-hydrogen) atoms. The second-order valence-electron chi connectivity index (χ2n) is 5.63. The van der Waals surface area contributed by atoms with Crippen LogP contribution in [0.2, 0.25) is 0 Å². The molecule has 2 aliphatic rings. The van der Waals surface area contributed by atoms with Crippen LogP contribution in [0.4, 0.5) is 0 Å². The quantitative estimate of drug-likeness (QED) is 0.834. The molecule has 3 rings (SSSR count). The second kappa shape index (κ2) is 5.79. The van der Waals surface area contributed by atoms with Crippen molar-refractivity contribution in [2.75, 3.05) is 26.2 Å². The Kier molecular flexibility index (Phi) is 4.05. The van der Waals surface area contributed by atoms with Crippen LogP contribution in [0.3, 0.4) is 0 Å². The average molecular weight is 295 g/mol. The molecule has 1 saturated carbocycles. The van der Waals surface area contributed by atoms with Gasteiger partial charge in [0.15, 0.2) is 0 Å². The normalized spacial score (nSPS) is 22.6. The lowest BCUT2D eigenvalue weighted by Crippen LogP contribution is -2.37. The predicted molar refractivity (Wildman–Crippen MR) is 77.6 cm³/mol. The van der Waals surface area contributed by atoms with Gasteiger partial charge in [0.05, 0.1) is 5.25 Å². The number of aromatic nitrogens is 1. The maximum Gasteiger partial charge on any atom is 0.217 e. The van der Waals surface area contributed by atoms with E-state index in [-0.39, 0.29) is 5.25 Å². The van der Waals surface area contributed by atoms with Gasteiger partial charge in [-0.2, -0.15) is 0 Å². The Labute approximate surface area is 120 Å². The minimum atomic E-state index is -3.01. The summed E-state index contributed by atoms with van der Waals surface area (Å²) < 4.78 is 26.2. The fraction of sp³-hybridized carbons (Fsp3) is 0.643. The zero-order valence-electron chi connectivity index (χ0n) is 11.6. The van der Waals surface area contributed by atoms with Crippen LogP contribution < -0.4 is 0 Å². The SMILES string of the molecule is O=S(=O)(C1CC1)N1CCCN(Cc2ccncc2)CC1. The van der Waals surface area contributed by atoms with Gasteiger partial charge in [-0.1, -0.05) is 0 Å². The third-order valence-corrected chi connectivity index (χ3v) is 6.41. The van der Waals surface area contributed by atoms with Gasteiger partial charge in [0, 0.05) is 38.6 Å². The van der Waals surface area contributed by atoms with E-state index < -0.39 is 10.0 Å². The van der Waals surface area contributed by atoms with Gasteiger partial charge in [-0.15, -0.1) is 0 Å². The lowest BCUT2D eigenvalue weighted by Gasteiger charge is -2.21. The molecule has 0 aromatic carbocycles. The fourth-order valence-electron chi connectivity index (χ4n) is 2.68. The Balaban J connectivity index is 1.59. The van der Waals surface area contributed by atoms with E-state index in [1.807, 2.05) is 12.1 Å². The number of nitrogens with zero attached hydrogens (tertiary/aromatic N) is 3. The first-order chi connectivity index (χ1) is 9.66. The van der Waals surface area contributed by atoms with Crippen LogP contribution in [0.5, 0.6) is 0 Å². The van der Waals surface area contributed by atoms with Gasteiger partial charge in [0.2, 0.25) is 10.0 Å². The number of pyridine rings is 1. The summed E-state index contributed by atoms with van der Waals surface area (Å²) in [5, 5.41) is -0.0887. The highest BCUT2D eigenvalue weighted by molar-refractivity contribution is 7.90. The lowest BCUT2D eigenvalue weighted by molar-refractivity contribution is 0.278. The molecule has 1 aliphatic heterocycles. The molecule has 110 valence electrons. The van der Waals surface area contributed by atoms with Crippen LogP contribution in [0, 0.1) is 0 Å². The second-order valence-corrected chi connectivity index (χ2v) is 7.84. The molecule has 1 aliphatic carbocycles. The lowest BCUT2D eigenvalue weighted by atomic mass is 10.2. The molecule has 0 radical (unpaired) electrons. The summed E-state index contributed by atoms with van der Waals surface area (Å²) in [4.78, 5) is 6.35. The van der Waals surface area contributed by atoms with Crippen molar-refractivity contribution in [2.45, 2.75) is 31.1 Å². The molecular weight excluding hydrogens is 274 g/mol. The van der Waals surface area contributed by atoms with Gasteiger partial charge in [0.1, 0.15) is 0 Å². The fourth-order valence-corrected chi connectivity index (χ4v) is 4.56. The summed E-state index contributed by atoms with van der Waals surface area (Å²) in [5.41, 5.74) is 1.23. The summed E-state index contributed by atoms with van der Waals surface area (Å²) in [6, 6.07) is 4.03. The third kappa shape index (κ3) is 3.19. The smallest absolute Gasteiger partial charge is 0.217 e. The van der Waals surface area contributed by atoms with Crippen LogP contribution in [-0.4, -0.2) is 54.0 Å². The molecule has 1 saturated heterocycles. The first kappa shape index (κ1) is 14.0. The third-order valence-electron chi connectivity index (χ3n) is 4.01. The van der Waals surface area contributed by atoms with Crippen LogP contribution in [0.25, 0.3) is 0 Å². The minimum absolute atomic E-state index is 0.0887. The maximum atomic E-state index is 12.3. The predicted octanol–water partition coefficient (Wildman–Crippen LogP) is 1.08. The molecule has 0 unspecified atom stereocenters. The molecular formula is C14H21N3O2S. The van der Waals surface area contributed by atoms with Crippen LogP contribution in [-0.2, 0) is 16.6 Å². The summed E-state index contributed by atoms with van der Waals surface area (Å²) >= 11 is 0. The van der Waals surface area contributed by atoms with Crippen LogP contribution in [0.1, 0.15) is 24.8 Å². The van der Waals surface area contributed by atoms with E-state index in [4.69, 9.17) is 0 Å². The molecule has 5 nitrogen and oxygen atoms in total. The highest BCUT2D eigenvalue weighted by Gasteiger charge is 2.40. The monoisotopic (exact) mass is 295 g/mol. The molecule has 0 N–H and O–H groups in total. The standard InChI is InChI=1S/C14H21N3O2S/c18-20(19,14-2-3-14)17-9-1-8-16(10-11-17)12-13-4-6-15-7-5-13/h4-7,14H,1-3,8-12H2. The van der Waals surface area contributed by atoms with Crippen molar-refractivity contribution < 1.29 is 8.42 Å². The molecule has 2 heterocycles. The molecule has 2 fully saturated rings. The average Bonchev–Trinajstić information content (AvgIpc) is 3.27. The van der Waals surface area contributed by atoms with Crippen molar-refractivity contribution in [3.63, 3.8) is 0 Å². The van der Waals surface area contributed by atoms with Gasteiger partial charge in [0.25, 0.3) is 0 Å². The Morgan fingerprint density at radius 3 is 2.55 bits per heavy atom. The van der Waals surface area contributed by atoms with Gasteiger partial charge >= 0.3 is 0 Å². The largest absolute Gasteiger partial charge is 0.298 e. The van der Waals surface area contributed by atoms with Gasteiger partial charge < -0.3 is 0 Å². The first-order valence-corrected chi connectivity index (χ1v) is 8.77. The highest BCUT2D eigenvalue weighted by Crippen LogP contribution is 2.31. The van der Waals surface area contributed by atoms with E-state index in [9.17, 15) is 8.42 Å². The number of sulfonamides is 1. The Morgan fingerprint density at radius 1 is 1.10 bits per heavy atom. The number of hydrogen-bond acceptors (Lipinski definition) is 4. The van der Waals surface area contributed by atoms with Crippen molar-refractivity contribution >= 4 is 10.0 Å². The number of rotatable bonds is 4. The van der Waals surface area contributed by atoms with Crippen LogP contribution in [0.15, 0.2) is 24.5 Å². The molecule has 0 spiro atoms.